The summed E-state index contributed by atoms with van der Waals surface area (Å²) >= 11 is 0. The standard InChI is InChI=1S/C23H14F6N2O2/c1-33-21(32)20(31-30)15-6-11-18(13-2-7-16(8-3-13)22(24,25)26)19(12-15)14-4-9-17(10-5-14)23(27,28)29/h2-12H,1H3. The fourth-order valence-corrected chi connectivity index (χ4v) is 3.17. The van der Waals surface area contributed by atoms with E-state index in [4.69, 9.17) is 0 Å². The minimum absolute atomic E-state index is 0.0925. The van der Waals surface area contributed by atoms with E-state index in [9.17, 15) is 36.7 Å². The van der Waals surface area contributed by atoms with Gasteiger partial charge in [0, 0.05) is 0 Å². The third-order valence-electron chi connectivity index (χ3n) is 4.82. The molecule has 170 valence electrons. The average molecular weight is 464 g/mol. The van der Waals surface area contributed by atoms with Gasteiger partial charge in [-0.15, -0.1) is 0 Å². The van der Waals surface area contributed by atoms with Gasteiger partial charge in [0.25, 0.3) is 0 Å². The Labute approximate surface area is 183 Å². The fraction of sp³-hybridized carbons (Fsp3) is 0.130. The van der Waals surface area contributed by atoms with Crippen molar-refractivity contribution in [3.8, 4) is 22.3 Å². The molecule has 3 aromatic carbocycles. The predicted molar refractivity (Wildman–Crippen MR) is 107 cm³/mol. The van der Waals surface area contributed by atoms with E-state index in [0.717, 1.165) is 31.4 Å². The summed E-state index contributed by atoms with van der Waals surface area (Å²) in [6.07, 6.45) is -9.09. The van der Waals surface area contributed by atoms with E-state index in [1.54, 1.807) is 0 Å². The molecule has 0 fully saturated rings. The average Bonchev–Trinajstić information content (AvgIpc) is 2.78. The van der Waals surface area contributed by atoms with Crippen molar-refractivity contribution in [1.29, 1.82) is 0 Å². The van der Waals surface area contributed by atoms with E-state index < -0.39 is 35.2 Å². The summed E-state index contributed by atoms with van der Waals surface area (Å²) in [5.74, 6) is -0.960. The Morgan fingerprint density at radius 2 is 1.21 bits per heavy atom. The molecule has 3 aromatic rings. The second-order valence-electron chi connectivity index (χ2n) is 6.85. The van der Waals surface area contributed by atoms with E-state index >= 15 is 0 Å². The van der Waals surface area contributed by atoms with Crippen LogP contribution in [0.1, 0.15) is 16.7 Å². The van der Waals surface area contributed by atoms with E-state index in [1.807, 2.05) is 0 Å². The SMILES string of the molecule is COC(=O)C(=[N+]=[N-])c1ccc(-c2ccc(C(F)(F)F)cc2)c(-c2ccc(C(F)(F)F)cc2)c1. The number of esters is 1. The lowest BCUT2D eigenvalue weighted by Crippen LogP contribution is -2.18. The molecule has 0 aliphatic rings. The zero-order chi connectivity index (χ0) is 24.4. The van der Waals surface area contributed by atoms with Crippen molar-refractivity contribution in [2.24, 2.45) is 0 Å². The summed E-state index contributed by atoms with van der Waals surface area (Å²) in [6.45, 7) is 0. The summed E-state index contributed by atoms with van der Waals surface area (Å²) in [5.41, 5.74) is 8.44. The molecule has 0 aliphatic heterocycles. The van der Waals surface area contributed by atoms with Crippen LogP contribution in [0.5, 0.6) is 0 Å². The Balaban J connectivity index is 2.19. The Morgan fingerprint density at radius 3 is 1.61 bits per heavy atom. The van der Waals surface area contributed by atoms with Crippen LogP contribution >= 0.6 is 0 Å². The Kier molecular flexibility index (Phi) is 6.41. The maximum absolute atomic E-state index is 13.0. The van der Waals surface area contributed by atoms with E-state index in [-0.39, 0.29) is 5.56 Å². The Morgan fingerprint density at radius 1 is 0.758 bits per heavy atom. The third kappa shape index (κ3) is 5.12. The minimum Gasteiger partial charge on any atom is -0.460 e. The molecule has 0 radical (unpaired) electrons. The molecular weight excluding hydrogens is 450 g/mol. The highest BCUT2D eigenvalue weighted by Crippen LogP contribution is 2.37. The van der Waals surface area contributed by atoms with Crippen LogP contribution in [0.4, 0.5) is 26.3 Å². The molecule has 4 nitrogen and oxygen atoms in total. The van der Waals surface area contributed by atoms with Crippen LogP contribution in [-0.2, 0) is 21.9 Å². The number of benzene rings is 3. The van der Waals surface area contributed by atoms with Crippen LogP contribution in [0, 0.1) is 0 Å². The van der Waals surface area contributed by atoms with Crippen molar-refractivity contribution in [3.63, 3.8) is 0 Å². The summed E-state index contributed by atoms with van der Waals surface area (Å²) < 4.78 is 82.2. The quantitative estimate of drug-likeness (QED) is 0.151. The van der Waals surface area contributed by atoms with E-state index in [0.29, 0.717) is 22.3 Å². The number of hydrogen-bond acceptors (Lipinski definition) is 2. The van der Waals surface area contributed by atoms with Gasteiger partial charge in [-0.1, -0.05) is 30.3 Å². The Bertz CT molecular complexity index is 1220. The van der Waals surface area contributed by atoms with Crippen molar-refractivity contribution in [2.45, 2.75) is 12.4 Å². The maximum atomic E-state index is 13.0. The highest BCUT2D eigenvalue weighted by molar-refractivity contribution is 6.40. The third-order valence-corrected chi connectivity index (χ3v) is 4.82. The van der Waals surface area contributed by atoms with Crippen LogP contribution in [-0.4, -0.2) is 23.6 Å². The number of rotatable bonds is 4. The molecule has 0 spiro atoms. The molecule has 0 heterocycles. The zero-order valence-electron chi connectivity index (χ0n) is 16.8. The van der Waals surface area contributed by atoms with Crippen LogP contribution in [0.15, 0.2) is 66.7 Å². The second-order valence-corrected chi connectivity index (χ2v) is 6.85. The fourth-order valence-electron chi connectivity index (χ4n) is 3.17. The normalized spacial score (nSPS) is 11.6. The number of methoxy groups -OCH3 is 1. The topological polar surface area (TPSA) is 62.7 Å². The summed E-state index contributed by atoms with van der Waals surface area (Å²) in [6, 6.07) is 12.6. The number of ether oxygens (including phenoxy) is 1. The first kappa shape index (κ1) is 23.7. The molecular formula is C23H14F6N2O2. The van der Waals surface area contributed by atoms with Crippen molar-refractivity contribution in [2.75, 3.05) is 7.11 Å². The molecule has 0 unspecified atom stereocenters. The van der Waals surface area contributed by atoms with Gasteiger partial charge in [-0.05, 0) is 58.7 Å². The van der Waals surface area contributed by atoms with E-state index in [1.165, 1.54) is 42.5 Å². The molecule has 0 saturated carbocycles. The largest absolute Gasteiger partial charge is 0.460 e. The van der Waals surface area contributed by atoms with Crippen LogP contribution < -0.4 is 0 Å². The lowest BCUT2D eigenvalue weighted by atomic mass is 9.91. The molecule has 0 atom stereocenters. The molecule has 10 heteroatoms. The number of nitrogens with zero attached hydrogens (tertiary/aromatic N) is 2. The molecule has 3 rings (SSSR count). The Hall–Kier alpha value is -3.91. The highest BCUT2D eigenvalue weighted by atomic mass is 19.4. The maximum Gasteiger partial charge on any atom is 0.422 e. The molecule has 33 heavy (non-hydrogen) atoms. The van der Waals surface area contributed by atoms with Gasteiger partial charge in [-0.25, -0.2) is 4.79 Å². The molecule has 0 aromatic heterocycles. The lowest BCUT2D eigenvalue weighted by molar-refractivity contribution is -0.138. The highest BCUT2D eigenvalue weighted by Gasteiger charge is 2.31. The lowest BCUT2D eigenvalue weighted by Gasteiger charge is -2.14. The zero-order valence-corrected chi connectivity index (χ0v) is 16.8. The number of halogens is 6. The molecule has 0 saturated heterocycles. The first-order valence-corrected chi connectivity index (χ1v) is 9.25. The van der Waals surface area contributed by atoms with E-state index in [2.05, 4.69) is 9.53 Å². The molecule has 0 N–H and O–H groups in total. The number of carbonyl (C=O) groups excluding carboxylic acids is 1. The van der Waals surface area contributed by atoms with Crippen molar-refractivity contribution in [1.82, 2.24) is 0 Å². The second kappa shape index (κ2) is 8.91. The first-order chi connectivity index (χ1) is 15.5. The van der Waals surface area contributed by atoms with Gasteiger partial charge in [-0.3, -0.25) is 0 Å². The number of hydrogen-bond donors (Lipinski definition) is 0. The van der Waals surface area contributed by atoms with Crippen LogP contribution in [0.3, 0.4) is 0 Å². The van der Waals surface area contributed by atoms with Crippen LogP contribution in [0.25, 0.3) is 27.8 Å². The summed E-state index contributed by atoms with van der Waals surface area (Å²) in [5, 5.41) is 0. The minimum atomic E-state index is -4.56. The molecule has 0 aliphatic carbocycles. The van der Waals surface area contributed by atoms with Crippen molar-refractivity contribution < 1.29 is 40.7 Å². The van der Waals surface area contributed by atoms with Crippen LogP contribution in [0.2, 0.25) is 0 Å². The molecule has 0 amide bonds. The van der Waals surface area contributed by atoms with Crippen molar-refractivity contribution in [3.05, 3.63) is 89.0 Å². The first-order valence-electron chi connectivity index (χ1n) is 9.25. The van der Waals surface area contributed by atoms with Gasteiger partial charge in [-0.2, -0.15) is 31.1 Å². The molecule has 0 bridgehead atoms. The summed E-state index contributed by atoms with van der Waals surface area (Å²) in [7, 11) is 1.07. The van der Waals surface area contributed by atoms with Gasteiger partial charge < -0.3 is 10.3 Å². The number of alkyl halides is 6. The smallest absolute Gasteiger partial charge is 0.422 e. The van der Waals surface area contributed by atoms with Gasteiger partial charge >= 0.3 is 24.0 Å². The van der Waals surface area contributed by atoms with Gasteiger partial charge in [0.1, 0.15) is 0 Å². The van der Waals surface area contributed by atoms with Gasteiger partial charge in [0.2, 0.25) is 0 Å². The van der Waals surface area contributed by atoms with Crippen molar-refractivity contribution >= 4 is 11.7 Å². The van der Waals surface area contributed by atoms with Gasteiger partial charge in [0.05, 0.1) is 23.8 Å². The predicted octanol–water partition coefficient (Wildman–Crippen LogP) is 6.25. The number of carbonyl (C=O) groups is 1. The summed E-state index contributed by atoms with van der Waals surface area (Å²) in [4.78, 5) is 14.8. The van der Waals surface area contributed by atoms with Gasteiger partial charge in [0.15, 0.2) is 0 Å². The monoisotopic (exact) mass is 464 g/mol.